The second-order valence-electron chi connectivity index (χ2n) is 7.01. The van der Waals surface area contributed by atoms with Crippen LogP contribution in [0, 0.1) is 0 Å². The highest BCUT2D eigenvalue weighted by Gasteiger charge is 2.55. The van der Waals surface area contributed by atoms with E-state index in [4.69, 9.17) is 0 Å². The maximum Gasteiger partial charge on any atom is 0.208 e. The average molecular weight is 280 g/mol. The molecule has 0 atom stereocenters. The molecule has 2 saturated heterocycles. The van der Waals surface area contributed by atoms with E-state index in [1.807, 2.05) is 0 Å². The smallest absolute Gasteiger partial charge is 0.208 e. The first-order valence-corrected chi connectivity index (χ1v) is 8.06. The summed E-state index contributed by atoms with van der Waals surface area (Å²) in [7, 11) is 0. The zero-order valence-corrected chi connectivity index (χ0v) is 12.6. The van der Waals surface area contributed by atoms with Crippen LogP contribution in [0.1, 0.15) is 11.1 Å². The van der Waals surface area contributed by atoms with Crippen LogP contribution in [-0.4, -0.2) is 41.8 Å². The Balaban J connectivity index is 1.50. The third-order valence-corrected chi connectivity index (χ3v) is 5.42. The minimum Gasteiger partial charge on any atom is -0.264 e. The quantitative estimate of drug-likeness (QED) is 0.755. The summed E-state index contributed by atoms with van der Waals surface area (Å²) in [5.74, 6) is 0. The van der Waals surface area contributed by atoms with Gasteiger partial charge in [0.15, 0.2) is 0 Å². The first-order valence-electron chi connectivity index (χ1n) is 8.06. The largest absolute Gasteiger partial charge is 0.264 e. The standard InChI is InChI=1S/C19H24N2/c1-3-7-18(8-4-1)15-20-11-13-21(17-20,14-12-20)16-19-9-5-2-6-10-19/h1-10H,11-17H2/q+2. The molecule has 108 valence electrons. The van der Waals surface area contributed by atoms with Crippen LogP contribution in [0.2, 0.25) is 0 Å². The summed E-state index contributed by atoms with van der Waals surface area (Å²) < 4.78 is 2.60. The van der Waals surface area contributed by atoms with Gasteiger partial charge in [0, 0.05) is 11.1 Å². The summed E-state index contributed by atoms with van der Waals surface area (Å²) in [6.07, 6.45) is 0. The van der Waals surface area contributed by atoms with Crippen LogP contribution in [-0.2, 0) is 13.1 Å². The van der Waals surface area contributed by atoms with Crippen LogP contribution >= 0.6 is 0 Å². The van der Waals surface area contributed by atoms with Crippen LogP contribution in [0.15, 0.2) is 60.7 Å². The van der Waals surface area contributed by atoms with Gasteiger partial charge in [-0.2, -0.15) is 0 Å². The zero-order valence-electron chi connectivity index (χ0n) is 12.6. The Morgan fingerprint density at radius 1 is 0.571 bits per heavy atom. The fourth-order valence-corrected chi connectivity index (χ4v) is 4.35. The summed E-state index contributed by atoms with van der Waals surface area (Å²) in [6, 6.07) is 22.1. The minimum absolute atomic E-state index is 1.22. The second-order valence-corrected chi connectivity index (χ2v) is 7.01. The number of benzene rings is 2. The predicted octanol–water partition coefficient (Wildman–Crippen LogP) is 3.01. The van der Waals surface area contributed by atoms with Gasteiger partial charge in [0.25, 0.3) is 0 Å². The van der Waals surface area contributed by atoms with Crippen LogP contribution in [0.3, 0.4) is 0 Å². The number of quaternary nitrogens is 2. The van der Waals surface area contributed by atoms with E-state index in [-0.39, 0.29) is 0 Å². The van der Waals surface area contributed by atoms with Gasteiger partial charge < -0.3 is 0 Å². The van der Waals surface area contributed by atoms with Crippen molar-refractivity contribution >= 4 is 0 Å². The van der Waals surface area contributed by atoms with E-state index in [1.54, 1.807) is 0 Å². The maximum absolute atomic E-state index is 2.29. The topological polar surface area (TPSA) is 0 Å². The average Bonchev–Trinajstić information content (AvgIpc) is 3.04. The van der Waals surface area contributed by atoms with Crippen molar-refractivity contribution in [1.29, 1.82) is 0 Å². The molecular weight excluding hydrogens is 256 g/mol. The van der Waals surface area contributed by atoms with Crippen molar-refractivity contribution in [1.82, 2.24) is 0 Å². The third kappa shape index (κ3) is 2.50. The predicted molar refractivity (Wildman–Crippen MR) is 85.1 cm³/mol. The maximum atomic E-state index is 2.29. The van der Waals surface area contributed by atoms with Crippen LogP contribution in [0.5, 0.6) is 0 Å². The lowest BCUT2D eigenvalue weighted by atomic mass is 10.1. The molecule has 2 bridgehead atoms. The zero-order chi connectivity index (χ0) is 14.2. The first-order chi connectivity index (χ1) is 10.3. The molecule has 2 heteroatoms. The third-order valence-electron chi connectivity index (χ3n) is 5.42. The summed E-state index contributed by atoms with van der Waals surface area (Å²) in [6.45, 7) is 9.15. The van der Waals surface area contributed by atoms with Crippen molar-refractivity contribution in [2.75, 3.05) is 32.8 Å². The van der Waals surface area contributed by atoms with E-state index in [9.17, 15) is 0 Å². The van der Waals surface area contributed by atoms with E-state index >= 15 is 0 Å². The van der Waals surface area contributed by atoms with E-state index in [0.717, 1.165) is 0 Å². The molecule has 0 N–H and O–H groups in total. The minimum atomic E-state index is 1.22. The van der Waals surface area contributed by atoms with Crippen LogP contribution in [0.4, 0.5) is 0 Å². The lowest BCUT2D eigenvalue weighted by Gasteiger charge is -2.27. The highest BCUT2D eigenvalue weighted by molar-refractivity contribution is 5.14. The Morgan fingerprint density at radius 2 is 0.952 bits per heavy atom. The fraction of sp³-hybridized carbons (Fsp3) is 0.368. The van der Waals surface area contributed by atoms with Crippen LogP contribution < -0.4 is 0 Å². The summed E-state index contributed by atoms with van der Waals surface area (Å²) in [4.78, 5) is 0. The Morgan fingerprint density at radius 3 is 1.33 bits per heavy atom. The van der Waals surface area contributed by atoms with Gasteiger partial charge in [-0.3, -0.25) is 8.97 Å². The molecule has 2 aliphatic rings. The fourth-order valence-electron chi connectivity index (χ4n) is 4.35. The van der Waals surface area contributed by atoms with Gasteiger partial charge in [-0.15, -0.1) is 0 Å². The number of piperazine rings is 1. The molecule has 0 aliphatic carbocycles. The lowest BCUT2D eigenvalue weighted by Crippen LogP contribution is -2.46. The van der Waals surface area contributed by atoms with Crippen molar-refractivity contribution in [2.45, 2.75) is 13.1 Å². The lowest BCUT2D eigenvalue weighted by molar-refractivity contribution is -1.000. The molecule has 4 rings (SSSR count). The number of fused-ring (bicyclic) bond motifs is 2. The van der Waals surface area contributed by atoms with Gasteiger partial charge >= 0.3 is 0 Å². The van der Waals surface area contributed by atoms with E-state index < -0.39 is 0 Å². The van der Waals surface area contributed by atoms with Crippen molar-refractivity contribution < 1.29 is 8.97 Å². The molecule has 2 aliphatic heterocycles. The molecule has 2 aromatic rings. The molecule has 0 spiro atoms. The van der Waals surface area contributed by atoms with Gasteiger partial charge in [0.1, 0.15) is 39.3 Å². The summed E-state index contributed by atoms with van der Waals surface area (Å²) in [5.41, 5.74) is 3.00. The van der Waals surface area contributed by atoms with Gasteiger partial charge in [-0.1, -0.05) is 60.7 Å². The van der Waals surface area contributed by atoms with E-state index in [1.165, 1.54) is 66.0 Å². The van der Waals surface area contributed by atoms with Crippen molar-refractivity contribution in [3.05, 3.63) is 71.8 Å². The van der Waals surface area contributed by atoms with Crippen LogP contribution in [0.25, 0.3) is 0 Å². The number of hydrogen-bond donors (Lipinski definition) is 0. The molecule has 21 heavy (non-hydrogen) atoms. The first kappa shape index (κ1) is 13.1. The molecule has 0 aromatic heterocycles. The van der Waals surface area contributed by atoms with Crippen molar-refractivity contribution in [3.8, 4) is 0 Å². The Hall–Kier alpha value is -1.64. The van der Waals surface area contributed by atoms with Crippen molar-refractivity contribution in [2.24, 2.45) is 0 Å². The molecule has 0 amide bonds. The molecule has 0 unspecified atom stereocenters. The molecule has 2 heterocycles. The van der Waals surface area contributed by atoms with E-state index in [2.05, 4.69) is 60.7 Å². The summed E-state index contributed by atoms with van der Waals surface area (Å²) >= 11 is 0. The van der Waals surface area contributed by atoms with Gasteiger partial charge in [0.05, 0.1) is 0 Å². The highest BCUT2D eigenvalue weighted by Crippen LogP contribution is 2.35. The van der Waals surface area contributed by atoms with Gasteiger partial charge in [0.2, 0.25) is 6.67 Å². The Kier molecular flexibility index (Phi) is 3.09. The monoisotopic (exact) mass is 280 g/mol. The molecule has 2 nitrogen and oxygen atoms in total. The highest BCUT2D eigenvalue weighted by atomic mass is 15.6. The van der Waals surface area contributed by atoms with Gasteiger partial charge in [-0.25, -0.2) is 0 Å². The molecule has 2 aromatic carbocycles. The normalized spacial score (nSPS) is 30.7. The SMILES string of the molecule is c1ccc(C[N+]23CC[N+](Cc4ccccc4)(CC2)C3)cc1. The number of rotatable bonds is 4. The number of hydrogen-bond acceptors (Lipinski definition) is 0. The molecule has 2 fully saturated rings. The Labute approximate surface area is 127 Å². The molecule has 0 saturated carbocycles. The van der Waals surface area contributed by atoms with E-state index in [0.29, 0.717) is 0 Å². The molecular formula is C19H24N2+2. The summed E-state index contributed by atoms with van der Waals surface area (Å²) in [5, 5.41) is 0. The van der Waals surface area contributed by atoms with Gasteiger partial charge in [-0.05, 0) is 0 Å². The van der Waals surface area contributed by atoms with Crippen molar-refractivity contribution in [3.63, 3.8) is 0 Å². The molecule has 0 radical (unpaired) electrons. The second kappa shape index (κ2) is 4.97. The number of nitrogens with zero attached hydrogens (tertiary/aromatic N) is 2. The Bertz CT molecular complexity index is 542.